The van der Waals surface area contributed by atoms with Crippen molar-refractivity contribution in [1.29, 1.82) is 0 Å². The lowest BCUT2D eigenvalue weighted by Gasteiger charge is -1.99. The number of carbonyl (C=O) groups is 1. The normalized spacial score (nSPS) is 9.91. The number of carboxylic acid groups (broad SMARTS) is 1. The van der Waals surface area contributed by atoms with Crippen LogP contribution in [0.3, 0.4) is 0 Å². The number of alkyl halides is 1. The van der Waals surface area contributed by atoms with Crippen LogP contribution in [-0.4, -0.2) is 29.6 Å². The number of carboxylic acids is 1. The lowest BCUT2D eigenvalue weighted by Crippen LogP contribution is -2.03. The van der Waals surface area contributed by atoms with E-state index in [0.717, 1.165) is 18.2 Å². The minimum absolute atomic E-state index is 0.105. The third kappa shape index (κ3) is 9.91. The van der Waals surface area contributed by atoms with E-state index in [0.29, 0.717) is 13.2 Å². The zero-order valence-electron chi connectivity index (χ0n) is 6.38. The van der Waals surface area contributed by atoms with Crippen molar-refractivity contribution in [1.82, 2.24) is 0 Å². The second kappa shape index (κ2) is 8.01. The highest BCUT2D eigenvalue weighted by molar-refractivity contribution is 9.09. The Morgan fingerprint density at radius 2 is 2.09 bits per heavy atom. The van der Waals surface area contributed by atoms with E-state index < -0.39 is 5.97 Å². The van der Waals surface area contributed by atoms with Gasteiger partial charge >= 0.3 is 5.97 Å². The Hall–Kier alpha value is -0.0900. The van der Waals surface area contributed by atoms with E-state index in [2.05, 4.69) is 15.9 Å². The Kier molecular flexibility index (Phi) is 7.95. The van der Waals surface area contributed by atoms with Gasteiger partial charge in [-0.3, -0.25) is 4.79 Å². The van der Waals surface area contributed by atoms with Crippen LogP contribution in [0, 0.1) is 0 Å². The predicted molar refractivity (Wildman–Crippen MR) is 46.1 cm³/mol. The predicted octanol–water partition coefficient (Wildman–Crippen LogP) is 1.65. The van der Waals surface area contributed by atoms with Gasteiger partial charge in [-0.05, 0) is 12.8 Å². The number of ether oxygens (including phenoxy) is 1. The lowest BCUT2D eigenvalue weighted by atomic mass is 10.4. The number of hydrogen-bond acceptors (Lipinski definition) is 2. The van der Waals surface area contributed by atoms with Crippen LogP contribution in [0.5, 0.6) is 0 Å². The molecule has 0 aliphatic heterocycles. The molecular formula is C7H13BrO3. The highest BCUT2D eigenvalue weighted by Crippen LogP contribution is 1.94. The molecule has 0 aromatic rings. The summed E-state index contributed by atoms with van der Waals surface area (Å²) in [5.74, 6) is -0.800. The van der Waals surface area contributed by atoms with Gasteiger partial charge in [0.2, 0.25) is 0 Å². The number of hydrogen-bond donors (Lipinski definition) is 1. The van der Waals surface area contributed by atoms with E-state index in [-0.39, 0.29) is 6.42 Å². The first-order valence-electron chi connectivity index (χ1n) is 3.63. The molecule has 0 aromatic carbocycles. The van der Waals surface area contributed by atoms with Gasteiger partial charge in [0.1, 0.15) is 0 Å². The second-order valence-electron chi connectivity index (χ2n) is 2.15. The Labute approximate surface area is 74.9 Å². The number of halogens is 1. The molecule has 0 unspecified atom stereocenters. The van der Waals surface area contributed by atoms with Crippen LogP contribution in [-0.2, 0) is 9.53 Å². The van der Waals surface area contributed by atoms with Crippen molar-refractivity contribution < 1.29 is 14.6 Å². The van der Waals surface area contributed by atoms with Gasteiger partial charge in [0.05, 0.1) is 13.0 Å². The molecule has 0 fully saturated rings. The van der Waals surface area contributed by atoms with Gasteiger partial charge in [0.25, 0.3) is 0 Å². The second-order valence-corrected chi connectivity index (χ2v) is 2.95. The van der Waals surface area contributed by atoms with Crippen molar-refractivity contribution in [3.63, 3.8) is 0 Å². The summed E-state index contributed by atoms with van der Waals surface area (Å²) in [6, 6.07) is 0. The van der Waals surface area contributed by atoms with E-state index >= 15 is 0 Å². The largest absolute Gasteiger partial charge is 0.481 e. The molecule has 4 heteroatoms. The molecule has 1 N–H and O–H groups in total. The molecule has 0 bridgehead atoms. The molecule has 0 amide bonds. The van der Waals surface area contributed by atoms with E-state index in [1.807, 2.05) is 0 Å². The average Bonchev–Trinajstić information content (AvgIpc) is 1.96. The van der Waals surface area contributed by atoms with E-state index in [1.54, 1.807) is 0 Å². The minimum atomic E-state index is -0.800. The van der Waals surface area contributed by atoms with Gasteiger partial charge in [-0.25, -0.2) is 0 Å². The van der Waals surface area contributed by atoms with Crippen LogP contribution in [0.15, 0.2) is 0 Å². The quantitative estimate of drug-likeness (QED) is 0.529. The number of unbranched alkanes of at least 4 members (excludes halogenated alkanes) is 1. The highest BCUT2D eigenvalue weighted by atomic mass is 79.9. The van der Waals surface area contributed by atoms with Gasteiger partial charge in [-0.15, -0.1) is 0 Å². The molecule has 0 saturated heterocycles. The first-order valence-corrected chi connectivity index (χ1v) is 4.75. The molecule has 0 aliphatic carbocycles. The Balaban J connectivity index is 2.85. The topological polar surface area (TPSA) is 46.5 Å². The van der Waals surface area contributed by atoms with Crippen LogP contribution in [0.4, 0.5) is 0 Å². The minimum Gasteiger partial charge on any atom is -0.481 e. The molecule has 0 radical (unpaired) electrons. The SMILES string of the molecule is O=C(O)CCOCCCCBr. The fourth-order valence-electron chi connectivity index (χ4n) is 0.560. The number of rotatable bonds is 7. The lowest BCUT2D eigenvalue weighted by molar-refractivity contribution is -0.138. The monoisotopic (exact) mass is 224 g/mol. The Morgan fingerprint density at radius 3 is 2.64 bits per heavy atom. The maximum absolute atomic E-state index is 10.0. The standard InChI is InChI=1S/C7H13BrO3/c8-4-1-2-5-11-6-3-7(9)10/h1-6H2,(H,9,10). The first kappa shape index (κ1) is 10.9. The van der Waals surface area contributed by atoms with E-state index in [9.17, 15) is 4.79 Å². The summed E-state index contributed by atoms with van der Waals surface area (Å²) in [6.07, 6.45) is 2.17. The van der Waals surface area contributed by atoms with Gasteiger partial charge in [0.15, 0.2) is 0 Å². The van der Waals surface area contributed by atoms with Crippen molar-refractivity contribution in [2.45, 2.75) is 19.3 Å². The van der Waals surface area contributed by atoms with Crippen LogP contribution >= 0.6 is 15.9 Å². The summed E-state index contributed by atoms with van der Waals surface area (Å²) < 4.78 is 5.04. The summed E-state index contributed by atoms with van der Waals surface area (Å²) in [7, 11) is 0. The van der Waals surface area contributed by atoms with Crippen molar-refractivity contribution in [3.05, 3.63) is 0 Å². The number of aliphatic carboxylic acids is 1. The molecule has 0 heterocycles. The van der Waals surface area contributed by atoms with Gasteiger partial charge in [-0.1, -0.05) is 15.9 Å². The summed E-state index contributed by atoms with van der Waals surface area (Å²) in [4.78, 5) is 10.0. The van der Waals surface area contributed by atoms with E-state index in [4.69, 9.17) is 9.84 Å². The molecule has 0 aliphatic rings. The maximum Gasteiger partial charge on any atom is 0.305 e. The fraction of sp³-hybridized carbons (Fsp3) is 0.857. The van der Waals surface area contributed by atoms with Crippen molar-refractivity contribution in [2.24, 2.45) is 0 Å². The van der Waals surface area contributed by atoms with Gasteiger partial charge in [-0.2, -0.15) is 0 Å². The van der Waals surface area contributed by atoms with Crippen LogP contribution < -0.4 is 0 Å². The molecule has 0 aromatic heterocycles. The smallest absolute Gasteiger partial charge is 0.305 e. The zero-order chi connectivity index (χ0) is 8.53. The third-order valence-electron chi connectivity index (χ3n) is 1.13. The van der Waals surface area contributed by atoms with Gasteiger partial charge < -0.3 is 9.84 Å². The third-order valence-corrected chi connectivity index (χ3v) is 1.69. The van der Waals surface area contributed by atoms with Crippen molar-refractivity contribution in [3.8, 4) is 0 Å². The summed E-state index contributed by atoms with van der Waals surface area (Å²) in [6.45, 7) is 0.997. The average molecular weight is 225 g/mol. The molecule has 0 saturated carbocycles. The highest BCUT2D eigenvalue weighted by Gasteiger charge is 1.95. The van der Waals surface area contributed by atoms with Crippen molar-refractivity contribution >= 4 is 21.9 Å². The first-order chi connectivity index (χ1) is 5.27. The molecule has 0 rings (SSSR count). The van der Waals surface area contributed by atoms with Crippen LogP contribution in [0.1, 0.15) is 19.3 Å². The fourth-order valence-corrected chi connectivity index (χ4v) is 0.957. The summed E-state index contributed by atoms with van der Waals surface area (Å²) >= 11 is 3.29. The maximum atomic E-state index is 10.0. The Bertz CT molecular complexity index is 106. The van der Waals surface area contributed by atoms with Crippen LogP contribution in [0.2, 0.25) is 0 Å². The van der Waals surface area contributed by atoms with Crippen molar-refractivity contribution in [2.75, 3.05) is 18.5 Å². The zero-order valence-corrected chi connectivity index (χ0v) is 7.97. The molecule has 66 valence electrons. The van der Waals surface area contributed by atoms with Gasteiger partial charge in [0, 0.05) is 11.9 Å². The summed E-state index contributed by atoms with van der Waals surface area (Å²) in [5.41, 5.74) is 0. The Morgan fingerprint density at radius 1 is 1.36 bits per heavy atom. The molecule has 0 spiro atoms. The van der Waals surface area contributed by atoms with Crippen LogP contribution in [0.25, 0.3) is 0 Å². The molecular weight excluding hydrogens is 212 g/mol. The molecule has 11 heavy (non-hydrogen) atoms. The summed E-state index contributed by atoms with van der Waals surface area (Å²) in [5, 5.41) is 9.21. The molecule has 3 nitrogen and oxygen atoms in total. The molecule has 0 atom stereocenters. The van der Waals surface area contributed by atoms with E-state index in [1.165, 1.54) is 0 Å².